The van der Waals surface area contributed by atoms with Gasteiger partial charge in [0.05, 0.1) is 6.10 Å². The van der Waals surface area contributed by atoms with Gasteiger partial charge < -0.3 is 10.1 Å². The van der Waals surface area contributed by atoms with E-state index < -0.39 is 0 Å². The summed E-state index contributed by atoms with van der Waals surface area (Å²) in [6.45, 7) is 7.20. The molecule has 1 aromatic carbocycles. The molecule has 0 aliphatic heterocycles. The molecule has 0 spiro atoms. The number of rotatable bonds is 5. The van der Waals surface area contributed by atoms with Crippen LogP contribution in [0.3, 0.4) is 0 Å². The lowest BCUT2D eigenvalue weighted by atomic mass is 10.1. The number of nitrogens with one attached hydrogen (secondary N) is 1. The van der Waals surface area contributed by atoms with Crippen molar-refractivity contribution in [3.05, 3.63) is 29.3 Å². The van der Waals surface area contributed by atoms with Crippen LogP contribution in [0.4, 0.5) is 0 Å². The van der Waals surface area contributed by atoms with Crippen LogP contribution in [-0.2, 0) is 6.54 Å². The predicted molar refractivity (Wildman–Crippen MR) is 66.8 cm³/mol. The second-order valence-electron chi connectivity index (χ2n) is 4.92. The number of ether oxygens (including phenoxy) is 1. The van der Waals surface area contributed by atoms with Crippen LogP contribution in [0, 0.1) is 6.92 Å². The zero-order chi connectivity index (χ0) is 11.5. The van der Waals surface area contributed by atoms with Crippen LogP contribution in [0.1, 0.15) is 37.8 Å². The van der Waals surface area contributed by atoms with Gasteiger partial charge in [0.2, 0.25) is 0 Å². The Kier molecular flexibility index (Phi) is 3.49. The Labute approximate surface area is 98.0 Å². The summed E-state index contributed by atoms with van der Waals surface area (Å²) in [5.41, 5.74) is 2.57. The van der Waals surface area contributed by atoms with E-state index in [2.05, 4.69) is 44.3 Å². The standard InChI is InChI=1S/C14H21NO/c1-10(2)16-14-7-4-12(8-11(14)3)9-15-13-5-6-13/h4,7-8,10,13,15H,5-6,9H2,1-3H3. The van der Waals surface area contributed by atoms with E-state index >= 15 is 0 Å². The molecule has 1 aliphatic rings. The van der Waals surface area contributed by atoms with Crippen molar-refractivity contribution in [3.8, 4) is 5.75 Å². The van der Waals surface area contributed by atoms with Gasteiger partial charge in [-0.1, -0.05) is 12.1 Å². The van der Waals surface area contributed by atoms with Crippen molar-refractivity contribution in [2.45, 2.75) is 52.3 Å². The minimum atomic E-state index is 0.245. The number of benzene rings is 1. The smallest absolute Gasteiger partial charge is 0.122 e. The van der Waals surface area contributed by atoms with Crippen molar-refractivity contribution in [2.24, 2.45) is 0 Å². The number of hydrogen-bond acceptors (Lipinski definition) is 2. The highest BCUT2D eigenvalue weighted by molar-refractivity contribution is 5.36. The quantitative estimate of drug-likeness (QED) is 0.822. The van der Waals surface area contributed by atoms with Crippen molar-refractivity contribution in [1.82, 2.24) is 5.32 Å². The Balaban J connectivity index is 1.97. The van der Waals surface area contributed by atoms with E-state index in [-0.39, 0.29) is 6.10 Å². The van der Waals surface area contributed by atoms with Crippen LogP contribution in [0.5, 0.6) is 5.75 Å². The van der Waals surface area contributed by atoms with Crippen LogP contribution in [0.2, 0.25) is 0 Å². The molecular weight excluding hydrogens is 198 g/mol. The molecule has 0 amide bonds. The van der Waals surface area contributed by atoms with Crippen molar-refractivity contribution < 1.29 is 4.74 Å². The first-order chi connectivity index (χ1) is 7.65. The van der Waals surface area contributed by atoms with Crippen LogP contribution >= 0.6 is 0 Å². The van der Waals surface area contributed by atoms with Gasteiger partial charge in [-0.25, -0.2) is 0 Å². The van der Waals surface area contributed by atoms with Crippen molar-refractivity contribution in [1.29, 1.82) is 0 Å². The van der Waals surface area contributed by atoms with Crippen molar-refractivity contribution in [2.75, 3.05) is 0 Å². The molecule has 1 fully saturated rings. The van der Waals surface area contributed by atoms with Gasteiger partial charge >= 0.3 is 0 Å². The summed E-state index contributed by atoms with van der Waals surface area (Å²) in [7, 11) is 0. The highest BCUT2D eigenvalue weighted by Gasteiger charge is 2.19. The fraction of sp³-hybridized carbons (Fsp3) is 0.571. The maximum atomic E-state index is 5.72. The maximum Gasteiger partial charge on any atom is 0.122 e. The molecule has 0 aromatic heterocycles. The van der Waals surface area contributed by atoms with E-state index in [0.717, 1.165) is 18.3 Å². The van der Waals surface area contributed by atoms with Crippen LogP contribution in [0.15, 0.2) is 18.2 Å². The van der Waals surface area contributed by atoms with E-state index in [1.54, 1.807) is 0 Å². The van der Waals surface area contributed by atoms with Gasteiger partial charge in [0.25, 0.3) is 0 Å². The minimum Gasteiger partial charge on any atom is -0.491 e. The molecule has 1 N–H and O–H groups in total. The molecule has 1 aromatic rings. The molecule has 0 atom stereocenters. The third-order valence-electron chi connectivity index (χ3n) is 2.77. The molecular formula is C14H21NO. The molecule has 0 bridgehead atoms. The van der Waals surface area contributed by atoms with Gasteiger partial charge in [-0.05, 0) is 50.8 Å². The molecule has 0 heterocycles. The topological polar surface area (TPSA) is 21.3 Å². The Morgan fingerprint density at radius 2 is 2.12 bits per heavy atom. The molecule has 1 aliphatic carbocycles. The first-order valence-corrected chi connectivity index (χ1v) is 6.14. The second-order valence-corrected chi connectivity index (χ2v) is 4.92. The monoisotopic (exact) mass is 219 g/mol. The minimum absolute atomic E-state index is 0.245. The highest BCUT2D eigenvalue weighted by atomic mass is 16.5. The normalized spacial score (nSPS) is 15.5. The summed E-state index contributed by atoms with van der Waals surface area (Å²) >= 11 is 0. The first-order valence-electron chi connectivity index (χ1n) is 6.14. The zero-order valence-electron chi connectivity index (χ0n) is 10.4. The maximum absolute atomic E-state index is 5.72. The Morgan fingerprint density at radius 1 is 1.38 bits per heavy atom. The molecule has 0 saturated heterocycles. The van der Waals surface area contributed by atoms with Crippen molar-refractivity contribution >= 4 is 0 Å². The lowest BCUT2D eigenvalue weighted by Crippen LogP contribution is -2.15. The lowest BCUT2D eigenvalue weighted by molar-refractivity contribution is 0.240. The van der Waals surface area contributed by atoms with Crippen molar-refractivity contribution in [3.63, 3.8) is 0 Å². The average Bonchev–Trinajstić information content (AvgIpc) is 3.02. The van der Waals surface area contributed by atoms with Gasteiger partial charge in [-0.2, -0.15) is 0 Å². The molecule has 0 unspecified atom stereocenters. The SMILES string of the molecule is Cc1cc(CNC2CC2)ccc1OC(C)C. The summed E-state index contributed by atoms with van der Waals surface area (Å²) in [5, 5.41) is 3.52. The first kappa shape index (κ1) is 11.5. The van der Waals surface area contributed by atoms with Crippen LogP contribution < -0.4 is 10.1 Å². The zero-order valence-corrected chi connectivity index (χ0v) is 10.4. The second kappa shape index (κ2) is 4.88. The lowest BCUT2D eigenvalue weighted by Gasteiger charge is -2.13. The summed E-state index contributed by atoms with van der Waals surface area (Å²) in [4.78, 5) is 0. The highest BCUT2D eigenvalue weighted by Crippen LogP contribution is 2.22. The Hall–Kier alpha value is -1.02. The van der Waals surface area contributed by atoms with Gasteiger partial charge in [-0.15, -0.1) is 0 Å². The fourth-order valence-corrected chi connectivity index (χ4v) is 1.76. The van der Waals surface area contributed by atoms with E-state index in [1.165, 1.54) is 24.0 Å². The molecule has 88 valence electrons. The van der Waals surface area contributed by atoms with E-state index in [0.29, 0.717) is 0 Å². The van der Waals surface area contributed by atoms with Gasteiger partial charge in [0, 0.05) is 12.6 Å². The predicted octanol–water partition coefficient (Wildman–Crippen LogP) is 3.03. The molecule has 16 heavy (non-hydrogen) atoms. The Morgan fingerprint density at radius 3 is 2.69 bits per heavy atom. The largest absolute Gasteiger partial charge is 0.491 e. The third-order valence-corrected chi connectivity index (χ3v) is 2.77. The third kappa shape index (κ3) is 3.24. The Bertz CT molecular complexity index is 356. The molecule has 2 rings (SSSR count). The van der Waals surface area contributed by atoms with Crippen LogP contribution in [-0.4, -0.2) is 12.1 Å². The summed E-state index contributed by atoms with van der Waals surface area (Å²) in [6, 6.07) is 7.22. The van der Waals surface area contributed by atoms with E-state index in [4.69, 9.17) is 4.74 Å². The molecule has 0 radical (unpaired) electrons. The summed E-state index contributed by atoms with van der Waals surface area (Å²) in [6.07, 6.45) is 2.93. The van der Waals surface area contributed by atoms with E-state index in [1.807, 2.05) is 0 Å². The summed E-state index contributed by atoms with van der Waals surface area (Å²) in [5.74, 6) is 1.00. The number of hydrogen-bond donors (Lipinski definition) is 1. The van der Waals surface area contributed by atoms with Gasteiger partial charge in [0.15, 0.2) is 0 Å². The molecule has 2 nitrogen and oxygen atoms in total. The van der Waals surface area contributed by atoms with E-state index in [9.17, 15) is 0 Å². The number of aryl methyl sites for hydroxylation is 1. The fourth-order valence-electron chi connectivity index (χ4n) is 1.76. The van der Waals surface area contributed by atoms with Gasteiger partial charge in [-0.3, -0.25) is 0 Å². The van der Waals surface area contributed by atoms with Gasteiger partial charge in [0.1, 0.15) is 5.75 Å². The average molecular weight is 219 g/mol. The molecule has 1 saturated carbocycles. The van der Waals surface area contributed by atoms with Crippen LogP contribution in [0.25, 0.3) is 0 Å². The molecule has 2 heteroatoms. The summed E-state index contributed by atoms with van der Waals surface area (Å²) < 4.78 is 5.72.